The molecule has 2 aromatic rings. The van der Waals surface area contributed by atoms with Gasteiger partial charge in [-0.3, -0.25) is 9.69 Å². The first-order valence-corrected chi connectivity index (χ1v) is 10.4. The first-order valence-electron chi connectivity index (χ1n) is 10.4. The lowest BCUT2D eigenvalue weighted by molar-refractivity contribution is 0.0426. The highest BCUT2D eigenvalue weighted by Gasteiger charge is 2.28. The van der Waals surface area contributed by atoms with Gasteiger partial charge < -0.3 is 10.0 Å². The molecule has 4 nitrogen and oxygen atoms in total. The third-order valence-corrected chi connectivity index (χ3v) is 6.20. The number of amides is 1. The van der Waals surface area contributed by atoms with Crippen molar-refractivity contribution in [2.24, 2.45) is 0 Å². The minimum absolute atomic E-state index is 0.0337. The Morgan fingerprint density at radius 1 is 1.07 bits per heavy atom. The molecule has 0 radical (unpaired) electrons. The van der Waals surface area contributed by atoms with Crippen LogP contribution < -0.4 is 0 Å². The van der Waals surface area contributed by atoms with Crippen LogP contribution >= 0.6 is 0 Å². The Morgan fingerprint density at radius 3 is 2.68 bits per heavy atom. The van der Waals surface area contributed by atoms with E-state index in [9.17, 15) is 9.90 Å². The number of aliphatic hydroxyl groups is 1. The van der Waals surface area contributed by atoms with E-state index in [0.717, 1.165) is 56.3 Å². The maximum Gasteiger partial charge on any atom is 0.253 e. The second-order valence-electron chi connectivity index (χ2n) is 8.45. The van der Waals surface area contributed by atoms with Crippen molar-refractivity contribution in [3.05, 3.63) is 59.2 Å². The van der Waals surface area contributed by atoms with Crippen LogP contribution in [0.1, 0.15) is 40.7 Å². The van der Waals surface area contributed by atoms with Crippen LogP contribution in [0.3, 0.4) is 0 Å². The molecule has 1 amide bonds. The van der Waals surface area contributed by atoms with Crippen molar-refractivity contribution in [1.29, 1.82) is 0 Å². The Hall–Kier alpha value is -2.17. The lowest BCUT2D eigenvalue weighted by atomic mass is 9.85. The average molecular weight is 379 g/mol. The van der Waals surface area contributed by atoms with Crippen LogP contribution in [-0.2, 0) is 12.8 Å². The first kappa shape index (κ1) is 19.2. The van der Waals surface area contributed by atoms with Crippen molar-refractivity contribution in [3.8, 4) is 11.1 Å². The molecular formula is C24H30N2O2. The summed E-state index contributed by atoms with van der Waals surface area (Å²) in [5.74, 6) is 0.0337. The largest absolute Gasteiger partial charge is 0.392 e. The highest BCUT2D eigenvalue weighted by Crippen LogP contribution is 2.30. The number of hydrogen-bond acceptors (Lipinski definition) is 3. The maximum atomic E-state index is 12.3. The standard InChI is InChI=1S/C24H30N2O2/c1-25(2)24(28)21-6-3-5-17(14-21)18-8-9-20-15-22(11-10-19(20)13-18)26-12-4-7-23(27)16-26/h3,5-6,8-9,13-14,22-23,27H,4,7,10-12,15-16H2,1-2H3. The van der Waals surface area contributed by atoms with Gasteiger partial charge >= 0.3 is 0 Å². The van der Waals surface area contributed by atoms with Gasteiger partial charge in [0.2, 0.25) is 0 Å². The zero-order valence-electron chi connectivity index (χ0n) is 16.9. The van der Waals surface area contributed by atoms with Gasteiger partial charge in [0, 0.05) is 32.2 Å². The molecule has 1 fully saturated rings. The molecule has 28 heavy (non-hydrogen) atoms. The van der Waals surface area contributed by atoms with Crippen LogP contribution in [-0.4, -0.2) is 60.1 Å². The molecule has 2 unspecified atom stereocenters. The normalized spacial score (nSPS) is 22.5. The molecule has 1 heterocycles. The number of piperidine rings is 1. The van der Waals surface area contributed by atoms with Crippen molar-refractivity contribution in [1.82, 2.24) is 9.80 Å². The number of carbonyl (C=O) groups excluding carboxylic acids is 1. The fourth-order valence-corrected chi connectivity index (χ4v) is 4.63. The van der Waals surface area contributed by atoms with Gasteiger partial charge in [-0.1, -0.05) is 30.3 Å². The number of aryl methyl sites for hydroxylation is 1. The zero-order chi connectivity index (χ0) is 19.7. The predicted molar refractivity (Wildman–Crippen MR) is 113 cm³/mol. The van der Waals surface area contributed by atoms with E-state index in [1.165, 1.54) is 16.7 Å². The molecule has 4 heteroatoms. The number of benzene rings is 2. The SMILES string of the molecule is CN(C)C(=O)c1cccc(-c2ccc3c(c2)CCC(N2CCCC(O)C2)C3)c1. The van der Waals surface area contributed by atoms with E-state index < -0.39 is 0 Å². The number of fused-ring (bicyclic) bond motifs is 1. The third-order valence-electron chi connectivity index (χ3n) is 6.20. The highest BCUT2D eigenvalue weighted by atomic mass is 16.3. The molecule has 0 saturated carbocycles. The number of likely N-dealkylation sites (tertiary alicyclic amines) is 1. The molecule has 2 atom stereocenters. The van der Waals surface area contributed by atoms with E-state index in [2.05, 4.69) is 29.2 Å². The molecule has 1 aliphatic heterocycles. The van der Waals surface area contributed by atoms with E-state index in [1.54, 1.807) is 19.0 Å². The van der Waals surface area contributed by atoms with Crippen molar-refractivity contribution >= 4 is 5.91 Å². The molecule has 2 aliphatic rings. The minimum atomic E-state index is -0.158. The van der Waals surface area contributed by atoms with Gasteiger partial charge in [0.15, 0.2) is 0 Å². The summed E-state index contributed by atoms with van der Waals surface area (Å²) in [7, 11) is 3.57. The molecule has 0 aromatic heterocycles. The second-order valence-corrected chi connectivity index (χ2v) is 8.45. The Balaban J connectivity index is 1.53. The van der Waals surface area contributed by atoms with E-state index in [0.29, 0.717) is 6.04 Å². The van der Waals surface area contributed by atoms with Crippen molar-refractivity contribution in [3.63, 3.8) is 0 Å². The lowest BCUT2D eigenvalue weighted by Gasteiger charge is -2.39. The number of rotatable bonds is 3. The summed E-state index contributed by atoms with van der Waals surface area (Å²) in [5.41, 5.74) is 5.86. The molecular weight excluding hydrogens is 348 g/mol. The summed E-state index contributed by atoms with van der Waals surface area (Å²) < 4.78 is 0. The smallest absolute Gasteiger partial charge is 0.253 e. The Morgan fingerprint density at radius 2 is 1.89 bits per heavy atom. The van der Waals surface area contributed by atoms with E-state index in [-0.39, 0.29) is 12.0 Å². The topological polar surface area (TPSA) is 43.8 Å². The monoisotopic (exact) mass is 378 g/mol. The molecule has 1 aliphatic carbocycles. The van der Waals surface area contributed by atoms with Crippen molar-refractivity contribution < 1.29 is 9.90 Å². The molecule has 1 N–H and O–H groups in total. The fourth-order valence-electron chi connectivity index (χ4n) is 4.63. The van der Waals surface area contributed by atoms with Crippen LogP contribution in [0.25, 0.3) is 11.1 Å². The van der Waals surface area contributed by atoms with Crippen LogP contribution in [0, 0.1) is 0 Å². The number of β-amino-alcohol motifs (C(OH)–C–C–N with tert-alkyl or cyclic N) is 1. The van der Waals surface area contributed by atoms with Crippen LogP contribution in [0.5, 0.6) is 0 Å². The number of nitrogens with zero attached hydrogens (tertiary/aromatic N) is 2. The van der Waals surface area contributed by atoms with Crippen LogP contribution in [0.15, 0.2) is 42.5 Å². The van der Waals surface area contributed by atoms with Gasteiger partial charge in [-0.15, -0.1) is 0 Å². The summed E-state index contributed by atoms with van der Waals surface area (Å²) in [4.78, 5) is 16.4. The van der Waals surface area contributed by atoms with Gasteiger partial charge in [-0.2, -0.15) is 0 Å². The summed E-state index contributed by atoms with van der Waals surface area (Å²) in [5, 5.41) is 9.99. The highest BCUT2D eigenvalue weighted by molar-refractivity contribution is 5.95. The van der Waals surface area contributed by atoms with E-state index >= 15 is 0 Å². The molecule has 1 saturated heterocycles. The molecule has 148 valence electrons. The number of carbonyl (C=O) groups is 1. The Bertz CT molecular complexity index is 861. The number of hydrogen-bond donors (Lipinski definition) is 1. The Labute approximate surface area is 167 Å². The minimum Gasteiger partial charge on any atom is -0.392 e. The van der Waals surface area contributed by atoms with Gasteiger partial charge in [0.05, 0.1) is 6.10 Å². The zero-order valence-corrected chi connectivity index (χ0v) is 16.9. The van der Waals surface area contributed by atoms with Crippen LogP contribution in [0.4, 0.5) is 0 Å². The summed E-state index contributed by atoms with van der Waals surface area (Å²) in [6.07, 6.45) is 5.19. The molecule has 0 bridgehead atoms. The van der Waals surface area contributed by atoms with Gasteiger partial charge in [0.25, 0.3) is 5.91 Å². The van der Waals surface area contributed by atoms with E-state index in [4.69, 9.17) is 0 Å². The lowest BCUT2D eigenvalue weighted by Crippen LogP contribution is -2.46. The van der Waals surface area contributed by atoms with Crippen LogP contribution in [0.2, 0.25) is 0 Å². The molecule has 0 spiro atoms. The van der Waals surface area contributed by atoms with Gasteiger partial charge in [-0.25, -0.2) is 0 Å². The number of aliphatic hydroxyl groups excluding tert-OH is 1. The quantitative estimate of drug-likeness (QED) is 0.891. The predicted octanol–water partition coefficient (Wildman–Crippen LogP) is 3.37. The van der Waals surface area contributed by atoms with Crippen molar-refractivity contribution in [2.45, 2.75) is 44.2 Å². The average Bonchev–Trinajstić information content (AvgIpc) is 2.72. The fraction of sp³-hybridized carbons (Fsp3) is 0.458. The summed E-state index contributed by atoms with van der Waals surface area (Å²) in [6, 6.07) is 15.2. The third kappa shape index (κ3) is 3.98. The summed E-state index contributed by atoms with van der Waals surface area (Å²) >= 11 is 0. The second kappa shape index (κ2) is 8.06. The summed E-state index contributed by atoms with van der Waals surface area (Å²) in [6.45, 7) is 1.94. The molecule has 4 rings (SSSR count). The maximum absolute atomic E-state index is 12.3. The van der Waals surface area contributed by atoms with Crippen molar-refractivity contribution in [2.75, 3.05) is 27.2 Å². The van der Waals surface area contributed by atoms with E-state index in [1.807, 2.05) is 18.2 Å². The van der Waals surface area contributed by atoms with Gasteiger partial charge in [-0.05, 0) is 73.0 Å². The molecule has 2 aromatic carbocycles. The Kier molecular flexibility index (Phi) is 5.51. The van der Waals surface area contributed by atoms with Gasteiger partial charge in [0.1, 0.15) is 0 Å². The first-order chi connectivity index (χ1) is 13.5.